The summed E-state index contributed by atoms with van der Waals surface area (Å²) in [4.78, 5) is 26.8. The fourth-order valence-electron chi connectivity index (χ4n) is 5.59. The number of fused-ring (bicyclic) bond motifs is 4. The van der Waals surface area contributed by atoms with Crippen LogP contribution in [0.25, 0.3) is 17.2 Å². The molecule has 0 amide bonds. The average molecular weight is 455 g/mol. The number of esters is 1. The predicted molar refractivity (Wildman–Crippen MR) is 138 cm³/mol. The number of hydrogen-bond donors (Lipinski definition) is 0. The Morgan fingerprint density at radius 1 is 0.714 bits per heavy atom. The van der Waals surface area contributed by atoms with Gasteiger partial charge in [0.2, 0.25) is 0 Å². The van der Waals surface area contributed by atoms with E-state index in [1.54, 1.807) is 12.1 Å². The molecule has 0 fully saturated rings. The second-order valence-electron chi connectivity index (χ2n) is 8.77. The second kappa shape index (κ2) is 8.07. The standard InChI is InChI=1S/C32H22O3/c1-35-31(34)24-16-18-25-27(20-24)32(26-15-9-8-10-21(26)17-19-28(32)33)30(23-13-6-3-7-14-23)29(25)22-11-4-2-5-12-22/h2-20H,1H3/t32-/m0/s1. The first-order valence-electron chi connectivity index (χ1n) is 11.6. The zero-order valence-electron chi connectivity index (χ0n) is 19.2. The molecule has 4 aromatic carbocycles. The van der Waals surface area contributed by atoms with E-state index in [9.17, 15) is 9.59 Å². The fraction of sp³-hybridized carbons (Fsp3) is 0.0625. The number of methoxy groups -OCH3 is 1. The number of benzene rings is 4. The highest BCUT2D eigenvalue weighted by Gasteiger charge is 2.53. The van der Waals surface area contributed by atoms with Crippen molar-refractivity contribution in [2.45, 2.75) is 5.41 Å². The third kappa shape index (κ3) is 2.98. The van der Waals surface area contributed by atoms with Crippen LogP contribution >= 0.6 is 0 Å². The minimum absolute atomic E-state index is 0.0238. The largest absolute Gasteiger partial charge is 0.465 e. The van der Waals surface area contributed by atoms with Gasteiger partial charge in [0.15, 0.2) is 5.78 Å². The molecule has 0 N–H and O–H groups in total. The van der Waals surface area contributed by atoms with Crippen molar-refractivity contribution >= 4 is 29.0 Å². The van der Waals surface area contributed by atoms with Crippen molar-refractivity contribution in [2.24, 2.45) is 0 Å². The monoisotopic (exact) mass is 454 g/mol. The van der Waals surface area contributed by atoms with Gasteiger partial charge < -0.3 is 4.74 Å². The van der Waals surface area contributed by atoms with Crippen LogP contribution < -0.4 is 0 Å². The molecule has 4 aromatic rings. The van der Waals surface area contributed by atoms with Crippen LogP contribution in [-0.2, 0) is 14.9 Å². The first-order chi connectivity index (χ1) is 17.2. The Bertz CT molecular complexity index is 1540. The lowest BCUT2D eigenvalue weighted by Crippen LogP contribution is -2.38. The lowest BCUT2D eigenvalue weighted by molar-refractivity contribution is -0.116. The average Bonchev–Trinajstić information content (AvgIpc) is 3.22. The van der Waals surface area contributed by atoms with Crippen LogP contribution in [0.2, 0.25) is 0 Å². The second-order valence-corrected chi connectivity index (χ2v) is 8.77. The molecule has 0 saturated carbocycles. The minimum Gasteiger partial charge on any atom is -0.465 e. The zero-order valence-corrected chi connectivity index (χ0v) is 19.2. The highest BCUT2D eigenvalue weighted by atomic mass is 16.5. The molecule has 3 heteroatoms. The molecular weight excluding hydrogens is 432 g/mol. The van der Waals surface area contributed by atoms with E-state index in [4.69, 9.17) is 4.74 Å². The highest BCUT2D eigenvalue weighted by molar-refractivity contribution is 6.25. The zero-order chi connectivity index (χ0) is 24.0. The van der Waals surface area contributed by atoms with Crippen LogP contribution in [0.15, 0.2) is 109 Å². The number of allylic oxidation sites excluding steroid dienone is 2. The van der Waals surface area contributed by atoms with Gasteiger partial charge in [-0.05, 0) is 62.7 Å². The van der Waals surface area contributed by atoms with Crippen LogP contribution in [0.4, 0.5) is 0 Å². The van der Waals surface area contributed by atoms with Gasteiger partial charge >= 0.3 is 5.97 Å². The number of hydrogen-bond acceptors (Lipinski definition) is 3. The maximum atomic E-state index is 14.2. The number of ether oxygens (including phenoxy) is 1. The van der Waals surface area contributed by atoms with Crippen molar-refractivity contribution in [2.75, 3.05) is 7.11 Å². The Kier molecular flexibility index (Phi) is 4.85. The third-order valence-electron chi connectivity index (χ3n) is 7.01. The van der Waals surface area contributed by atoms with E-state index in [1.165, 1.54) is 7.11 Å². The Morgan fingerprint density at radius 2 is 1.37 bits per heavy atom. The summed E-state index contributed by atoms with van der Waals surface area (Å²) in [5.74, 6) is -0.450. The highest BCUT2D eigenvalue weighted by Crippen LogP contribution is 2.58. The van der Waals surface area contributed by atoms with Crippen molar-refractivity contribution < 1.29 is 14.3 Å². The third-order valence-corrected chi connectivity index (χ3v) is 7.01. The Balaban J connectivity index is 1.81. The van der Waals surface area contributed by atoms with Gasteiger partial charge in [-0.25, -0.2) is 4.79 Å². The summed E-state index contributed by atoms with van der Waals surface area (Å²) < 4.78 is 5.04. The summed E-state index contributed by atoms with van der Waals surface area (Å²) in [6.07, 6.45) is 3.56. The van der Waals surface area contributed by atoms with Crippen molar-refractivity contribution in [3.63, 3.8) is 0 Å². The number of rotatable bonds is 3. The summed E-state index contributed by atoms with van der Waals surface area (Å²) in [5.41, 5.74) is 6.93. The van der Waals surface area contributed by atoms with E-state index < -0.39 is 11.4 Å². The van der Waals surface area contributed by atoms with Gasteiger partial charge in [0.1, 0.15) is 5.41 Å². The molecule has 0 aromatic heterocycles. The lowest BCUT2D eigenvalue weighted by Gasteiger charge is -2.36. The molecule has 3 nitrogen and oxygen atoms in total. The molecule has 168 valence electrons. The van der Waals surface area contributed by atoms with Gasteiger partial charge in [0.25, 0.3) is 0 Å². The fourth-order valence-corrected chi connectivity index (χ4v) is 5.59. The maximum absolute atomic E-state index is 14.2. The lowest BCUT2D eigenvalue weighted by atomic mass is 9.63. The van der Waals surface area contributed by atoms with Gasteiger partial charge in [-0.1, -0.05) is 97.1 Å². The van der Waals surface area contributed by atoms with E-state index in [0.29, 0.717) is 5.56 Å². The Labute approximate surface area is 204 Å². The maximum Gasteiger partial charge on any atom is 0.337 e. The van der Waals surface area contributed by atoms with Crippen LogP contribution in [0.1, 0.15) is 43.7 Å². The van der Waals surface area contributed by atoms with E-state index in [-0.39, 0.29) is 5.78 Å². The van der Waals surface area contributed by atoms with Crippen molar-refractivity contribution in [3.8, 4) is 0 Å². The van der Waals surface area contributed by atoms with Gasteiger partial charge in [-0.15, -0.1) is 0 Å². The van der Waals surface area contributed by atoms with Gasteiger partial charge in [-0.3, -0.25) is 4.79 Å². The predicted octanol–water partition coefficient (Wildman–Crippen LogP) is 6.33. The summed E-state index contributed by atoms with van der Waals surface area (Å²) in [7, 11) is 1.37. The molecule has 2 aliphatic carbocycles. The molecule has 35 heavy (non-hydrogen) atoms. The van der Waals surface area contributed by atoms with E-state index in [2.05, 4.69) is 24.3 Å². The summed E-state index contributed by atoms with van der Waals surface area (Å²) in [6, 6.07) is 33.8. The van der Waals surface area contributed by atoms with Crippen molar-refractivity contribution in [1.29, 1.82) is 0 Å². The van der Waals surface area contributed by atoms with Crippen LogP contribution in [0.3, 0.4) is 0 Å². The quantitative estimate of drug-likeness (QED) is 0.340. The number of ketones is 1. The minimum atomic E-state index is -1.09. The van der Waals surface area contributed by atoms with Crippen LogP contribution in [-0.4, -0.2) is 18.9 Å². The normalized spacial score (nSPS) is 17.9. The smallest absolute Gasteiger partial charge is 0.337 e. The molecule has 0 aliphatic heterocycles. The van der Waals surface area contributed by atoms with Crippen LogP contribution in [0.5, 0.6) is 0 Å². The number of carbonyl (C=O) groups is 2. The van der Waals surface area contributed by atoms with Crippen LogP contribution in [0, 0.1) is 0 Å². The van der Waals surface area contributed by atoms with Crippen molar-refractivity contribution in [1.82, 2.24) is 0 Å². The number of carbonyl (C=O) groups excluding carboxylic acids is 2. The molecule has 0 unspecified atom stereocenters. The van der Waals surface area contributed by atoms with E-state index in [0.717, 1.165) is 44.5 Å². The van der Waals surface area contributed by atoms with Crippen molar-refractivity contribution in [3.05, 3.63) is 148 Å². The first-order valence-corrected chi connectivity index (χ1v) is 11.6. The molecule has 0 saturated heterocycles. The molecule has 2 aliphatic rings. The van der Waals surface area contributed by atoms with Gasteiger partial charge in [-0.2, -0.15) is 0 Å². The molecule has 0 radical (unpaired) electrons. The van der Waals surface area contributed by atoms with E-state index >= 15 is 0 Å². The first kappa shape index (κ1) is 21.1. The van der Waals surface area contributed by atoms with Gasteiger partial charge in [0.05, 0.1) is 12.7 Å². The van der Waals surface area contributed by atoms with E-state index in [1.807, 2.05) is 78.9 Å². The Hall–Kier alpha value is -4.50. The summed E-state index contributed by atoms with van der Waals surface area (Å²) in [6.45, 7) is 0. The molecular formula is C32H22O3. The van der Waals surface area contributed by atoms with Gasteiger partial charge in [0, 0.05) is 0 Å². The summed E-state index contributed by atoms with van der Waals surface area (Å²) >= 11 is 0. The topological polar surface area (TPSA) is 43.4 Å². The summed E-state index contributed by atoms with van der Waals surface area (Å²) in [5, 5.41) is 0. The molecule has 1 atom stereocenters. The Morgan fingerprint density at radius 3 is 2.09 bits per heavy atom. The molecule has 1 spiro atoms. The molecule has 0 heterocycles. The molecule has 6 rings (SSSR count). The molecule has 0 bridgehead atoms. The SMILES string of the molecule is COC(=O)c1ccc2c(c1)[C@@]1(C(=O)C=Cc3ccccc31)C(c1ccccc1)=C2c1ccccc1.